The zero-order valence-electron chi connectivity index (χ0n) is 20.9. The Labute approximate surface area is 223 Å². The van der Waals surface area contributed by atoms with Crippen LogP contribution in [0.3, 0.4) is 0 Å². The van der Waals surface area contributed by atoms with Crippen LogP contribution in [0.2, 0.25) is 0 Å². The number of nitrogens with two attached hydrogens (primary N) is 2. The summed E-state index contributed by atoms with van der Waals surface area (Å²) in [6.45, 7) is 6.32. The number of rotatable bonds is 9. The third kappa shape index (κ3) is 16.2. The Morgan fingerprint density at radius 1 is 1.22 bits per heavy atom. The Morgan fingerprint density at radius 2 is 1.83 bits per heavy atom. The number of carbonyl (C=O) groups is 1. The van der Waals surface area contributed by atoms with Crippen LogP contribution in [0.1, 0.15) is 12.0 Å². The van der Waals surface area contributed by atoms with Crippen molar-refractivity contribution in [3.05, 3.63) is 48.0 Å². The number of carboxylic acid groups (broad SMARTS) is 1. The third-order valence-corrected chi connectivity index (χ3v) is 5.61. The molecule has 8 N–H and O–H groups in total. The number of aliphatic carboxylic acids is 1. The molecule has 2 aromatic carbocycles. The Kier molecular flexibility index (Phi) is 20.3. The lowest BCUT2D eigenvalue weighted by Crippen LogP contribution is -2.45. The molecule has 1 saturated heterocycles. The van der Waals surface area contributed by atoms with E-state index in [2.05, 4.69) is 29.4 Å². The molecule has 0 aliphatic carbocycles. The largest absolute Gasteiger partial charge is 0.493 e. The van der Waals surface area contributed by atoms with E-state index >= 15 is 0 Å². The van der Waals surface area contributed by atoms with E-state index in [0.717, 1.165) is 59.4 Å². The van der Waals surface area contributed by atoms with Crippen LogP contribution in [-0.4, -0.2) is 80.4 Å². The van der Waals surface area contributed by atoms with Crippen LogP contribution in [0.5, 0.6) is 11.5 Å². The predicted octanol–water partition coefficient (Wildman–Crippen LogP) is 2.23. The van der Waals surface area contributed by atoms with E-state index in [4.69, 9.17) is 24.5 Å². The van der Waals surface area contributed by atoms with Crippen molar-refractivity contribution in [2.24, 2.45) is 11.5 Å². The summed E-state index contributed by atoms with van der Waals surface area (Å²) < 4.78 is 11.3. The number of nitrogens with zero attached hydrogens (tertiary/aromatic N) is 1. The van der Waals surface area contributed by atoms with Crippen LogP contribution < -0.4 is 25.7 Å². The van der Waals surface area contributed by atoms with Gasteiger partial charge < -0.3 is 35.9 Å². The van der Waals surface area contributed by atoms with E-state index in [0.29, 0.717) is 13.0 Å². The predicted molar refractivity (Wildman–Crippen MR) is 149 cm³/mol. The summed E-state index contributed by atoms with van der Waals surface area (Å²) in [7, 11) is 1.50. The lowest BCUT2D eigenvalue weighted by Gasteiger charge is -2.25. The second-order valence-corrected chi connectivity index (χ2v) is 8.38. The molecule has 0 unspecified atom stereocenters. The molecule has 1 aliphatic rings. The quantitative estimate of drug-likeness (QED) is 0.0822. The number of hydrogen-bond acceptors (Lipinski definition) is 10. The van der Waals surface area contributed by atoms with Crippen molar-refractivity contribution < 1.29 is 23.9 Å². The molecule has 1 heterocycles. The zero-order valence-corrected chi connectivity index (χ0v) is 22.6. The minimum Gasteiger partial charge on any atom is -0.493 e. The third-order valence-electron chi connectivity index (χ3n) is 4.26. The summed E-state index contributed by atoms with van der Waals surface area (Å²) in [6, 6.07) is 13.5. The molecule has 0 radical (unpaired) electrons. The lowest BCUT2D eigenvalue weighted by molar-refractivity contribution is -0.138. The van der Waals surface area contributed by atoms with Gasteiger partial charge in [0.15, 0.2) is 0 Å². The fourth-order valence-electron chi connectivity index (χ4n) is 2.78. The van der Waals surface area contributed by atoms with Gasteiger partial charge in [0.2, 0.25) is 0 Å². The van der Waals surface area contributed by atoms with Gasteiger partial charge in [-0.3, -0.25) is 15.1 Å². The standard InChI is InChI=1S/C16H18O3S2.C6H12N2O2.CH4N2.CH5N/c1-12-9-13(18-8-4-7-17)11-14(10-12)19-21-16-6-3-2-5-15(16)20;9-6(10)5-8-3-1-7-2-4-8;2-1-3;1-2/h2-3,5-6,9-11,17,20H,4,7-8H2,1H3;7H,1-5H2,(H,9,10);1H,(H3,2,3);2H2,1H3. The minimum absolute atomic E-state index is 0.129. The summed E-state index contributed by atoms with van der Waals surface area (Å²) in [4.78, 5) is 14.0. The number of carboxylic acids is 1. The van der Waals surface area contributed by atoms with Gasteiger partial charge in [-0.15, -0.1) is 12.6 Å². The van der Waals surface area contributed by atoms with Crippen LogP contribution in [-0.2, 0) is 4.79 Å². The fraction of sp³-hybridized carbons (Fsp3) is 0.417. The first-order valence-electron chi connectivity index (χ1n) is 11.3. The van der Waals surface area contributed by atoms with Gasteiger partial charge >= 0.3 is 5.97 Å². The molecule has 1 aliphatic heterocycles. The van der Waals surface area contributed by atoms with Gasteiger partial charge in [0.1, 0.15) is 11.5 Å². The number of nitrogens with one attached hydrogen (secondary N) is 2. The van der Waals surface area contributed by atoms with Crippen LogP contribution in [0.4, 0.5) is 0 Å². The molecule has 202 valence electrons. The van der Waals surface area contributed by atoms with Crippen LogP contribution in [0.15, 0.2) is 52.3 Å². The van der Waals surface area contributed by atoms with Crippen LogP contribution >= 0.6 is 24.7 Å². The number of aliphatic hydroxyl groups excluding tert-OH is 1. The van der Waals surface area contributed by atoms with E-state index in [-0.39, 0.29) is 13.2 Å². The van der Waals surface area contributed by atoms with Gasteiger partial charge in [-0.25, -0.2) is 0 Å². The SMILES string of the molecule is CN.Cc1cc(OCCCO)cc(OSc2ccccc2S)c1.N=CN.O=C(O)CN1CCNCC1. The number of thiol groups is 1. The van der Waals surface area contributed by atoms with Crippen molar-refractivity contribution in [1.82, 2.24) is 10.2 Å². The number of ether oxygens (including phenoxy) is 1. The molecule has 0 amide bonds. The van der Waals surface area contributed by atoms with Crippen LogP contribution in [0.25, 0.3) is 0 Å². The first kappa shape index (κ1) is 33.5. The molecule has 0 aromatic heterocycles. The zero-order chi connectivity index (χ0) is 27.2. The second-order valence-electron chi connectivity index (χ2n) is 7.13. The molecule has 0 spiro atoms. The van der Waals surface area contributed by atoms with E-state index in [9.17, 15) is 4.79 Å². The molecule has 3 rings (SSSR count). The van der Waals surface area contributed by atoms with Crippen molar-refractivity contribution in [2.45, 2.75) is 23.1 Å². The van der Waals surface area contributed by atoms with Crippen molar-refractivity contribution in [3.63, 3.8) is 0 Å². The molecule has 36 heavy (non-hydrogen) atoms. The maximum Gasteiger partial charge on any atom is 0.317 e. The molecule has 0 bridgehead atoms. The van der Waals surface area contributed by atoms with Crippen molar-refractivity contribution in [2.75, 3.05) is 53.0 Å². The molecule has 10 nitrogen and oxygen atoms in total. The Balaban J connectivity index is 0.000000679. The Bertz CT molecular complexity index is 871. The molecule has 0 saturated carbocycles. The number of benzene rings is 2. The van der Waals surface area contributed by atoms with Gasteiger partial charge in [-0.2, -0.15) is 0 Å². The topological polar surface area (TPSA) is 167 Å². The smallest absolute Gasteiger partial charge is 0.317 e. The average Bonchev–Trinajstić information content (AvgIpc) is 2.86. The first-order valence-corrected chi connectivity index (χ1v) is 12.5. The minimum atomic E-state index is -0.734. The normalized spacial score (nSPS) is 12.4. The number of piperazine rings is 1. The summed E-state index contributed by atoms with van der Waals surface area (Å²) >= 11 is 5.67. The molecule has 2 aromatic rings. The monoisotopic (exact) mass is 541 g/mol. The fourth-order valence-corrected chi connectivity index (χ4v) is 3.62. The number of hydrogen-bond donors (Lipinski definition) is 7. The van der Waals surface area contributed by atoms with Crippen molar-refractivity contribution >= 4 is 37.0 Å². The Hall–Kier alpha value is -2.48. The number of aryl methyl sites for hydroxylation is 1. The average molecular weight is 542 g/mol. The first-order chi connectivity index (χ1) is 17.4. The highest BCUT2D eigenvalue weighted by molar-refractivity contribution is 7.95. The van der Waals surface area contributed by atoms with E-state index in [1.165, 1.54) is 19.1 Å². The van der Waals surface area contributed by atoms with Gasteiger partial charge in [0, 0.05) is 50.2 Å². The summed E-state index contributed by atoms with van der Waals surface area (Å²) in [5.74, 6) is 0.746. The van der Waals surface area contributed by atoms with Crippen LogP contribution in [0, 0.1) is 12.3 Å². The second kappa shape index (κ2) is 21.8. The van der Waals surface area contributed by atoms with E-state index in [1.54, 1.807) is 0 Å². The highest BCUT2D eigenvalue weighted by atomic mass is 32.2. The summed E-state index contributed by atoms with van der Waals surface area (Å²) in [5, 5.41) is 26.2. The molecule has 1 fully saturated rings. The Morgan fingerprint density at radius 3 is 2.42 bits per heavy atom. The molecular formula is C24H39N5O5S2. The van der Waals surface area contributed by atoms with Gasteiger partial charge in [-0.05, 0) is 43.8 Å². The van der Waals surface area contributed by atoms with Crippen molar-refractivity contribution in [1.29, 1.82) is 5.41 Å². The lowest BCUT2D eigenvalue weighted by atomic mass is 10.2. The highest BCUT2D eigenvalue weighted by Crippen LogP contribution is 2.31. The summed E-state index contributed by atoms with van der Waals surface area (Å²) in [6.07, 6.45) is 1.37. The molecule has 12 heteroatoms. The van der Waals surface area contributed by atoms with Gasteiger partial charge in [0.05, 0.1) is 36.4 Å². The van der Waals surface area contributed by atoms with Gasteiger partial charge in [0.25, 0.3) is 0 Å². The van der Waals surface area contributed by atoms with E-state index in [1.807, 2.05) is 54.3 Å². The molecular weight excluding hydrogens is 502 g/mol. The maximum absolute atomic E-state index is 10.2. The van der Waals surface area contributed by atoms with E-state index < -0.39 is 5.97 Å². The highest BCUT2D eigenvalue weighted by Gasteiger charge is 2.11. The molecule has 0 atom stereocenters. The van der Waals surface area contributed by atoms with Crippen molar-refractivity contribution in [3.8, 4) is 11.5 Å². The number of aliphatic hydroxyl groups is 1. The summed E-state index contributed by atoms with van der Waals surface area (Å²) in [5.41, 5.74) is 9.95. The maximum atomic E-state index is 10.2. The van der Waals surface area contributed by atoms with Gasteiger partial charge in [-0.1, -0.05) is 12.1 Å².